The standard InChI is InChI=1S/C21H21N3O2/c25-19(14-24-13-7-1-2-12-20(24)26)22-23-21-17-10-5-3-8-15(17)16-9-4-6-11-18(16)21/h3-6,8-11H,1-2,7,12-14H2,(H,22,25). The SMILES string of the molecule is O=C(CN1CCCCCC1=O)NN=C1c2ccccc2-c2ccccc21. The maximum atomic E-state index is 12.3. The summed E-state index contributed by atoms with van der Waals surface area (Å²) in [6.07, 6.45) is 3.43. The topological polar surface area (TPSA) is 61.8 Å². The smallest absolute Gasteiger partial charge is 0.259 e. The molecular weight excluding hydrogens is 326 g/mol. The average molecular weight is 347 g/mol. The van der Waals surface area contributed by atoms with Crippen molar-refractivity contribution < 1.29 is 9.59 Å². The Hall–Kier alpha value is -2.95. The van der Waals surface area contributed by atoms with Gasteiger partial charge in [0.05, 0.1) is 5.71 Å². The van der Waals surface area contributed by atoms with E-state index in [1.807, 2.05) is 36.4 Å². The fourth-order valence-corrected chi connectivity index (χ4v) is 3.65. The van der Waals surface area contributed by atoms with Gasteiger partial charge in [0, 0.05) is 24.1 Å². The summed E-state index contributed by atoms with van der Waals surface area (Å²) in [5, 5.41) is 4.40. The summed E-state index contributed by atoms with van der Waals surface area (Å²) in [4.78, 5) is 26.0. The monoisotopic (exact) mass is 347 g/mol. The molecule has 132 valence electrons. The van der Waals surface area contributed by atoms with Gasteiger partial charge in [-0.25, -0.2) is 5.43 Å². The van der Waals surface area contributed by atoms with E-state index in [1.54, 1.807) is 4.90 Å². The molecule has 4 rings (SSSR count). The lowest BCUT2D eigenvalue weighted by atomic mass is 10.1. The Morgan fingerprint density at radius 1 is 0.923 bits per heavy atom. The van der Waals surface area contributed by atoms with E-state index >= 15 is 0 Å². The zero-order valence-corrected chi connectivity index (χ0v) is 14.6. The number of hydrogen-bond donors (Lipinski definition) is 1. The Kier molecular flexibility index (Phi) is 4.52. The van der Waals surface area contributed by atoms with E-state index in [-0.39, 0.29) is 18.4 Å². The second kappa shape index (κ2) is 7.12. The summed E-state index contributed by atoms with van der Waals surface area (Å²) in [6.45, 7) is 0.716. The van der Waals surface area contributed by atoms with Gasteiger partial charge in [0.15, 0.2) is 0 Å². The highest BCUT2D eigenvalue weighted by Gasteiger charge is 2.24. The van der Waals surface area contributed by atoms with Crippen molar-refractivity contribution in [3.63, 3.8) is 0 Å². The van der Waals surface area contributed by atoms with Gasteiger partial charge in [0.2, 0.25) is 5.91 Å². The predicted molar refractivity (Wildman–Crippen MR) is 101 cm³/mol. The van der Waals surface area contributed by atoms with Crippen LogP contribution in [0.15, 0.2) is 53.6 Å². The van der Waals surface area contributed by atoms with Crippen LogP contribution in [0.2, 0.25) is 0 Å². The zero-order valence-electron chi connectivity index (χ0n) is 14.6. The Bertz CT molecular complexity index is 841. The molecule has 0 radical (unpaired) electrons. The molecule has 0 bridgehead atoms. The molecule has 2 aromatic rings. The average Bonchev–Trinajstić information content (AvgIpc) is 2.84. The van der Waals surface area contributed by atoms with Crippen LogP contribution in [0, 0.1) is 0 Å². The van der Waals surface area contributed by atoms with E-state index in [4.69, 9.17) is 0 Å². The molecule has 2 aliphatic rings. The third-order valence-corrected chi connectivity index (χ3v) is 4.95. The van der Waals surface area contributed by atoms with Gasteiger partial charge in [-0.15, -0.1) is 0 Å². The Labute approximate surface area is 152 Å². The Morgan fingerprint density at radius 3 is 2.19 bits per heavy atom. The maximum Gasteiger partial charge on any atom is 0.259 e. The summed E-state index contributed by atoms with van der Waals surface area (Å²) in [6, 6.07) is 16.1. The second-order valence-electron chi connectivity index (χ2n) is 6.71. The second-order valence-corrected chi connectivity index (χ2v) is 6.71. The number of carbonyl (C=O) groups excluding carboxylic acids is 2. The van der Waals surface area contributed by atoms with E-state index in [9.17, 15) is 9.59 Å². The predicted octanol–water partition coefficient (Wildman–Crippen LogP) is 2.94. The number of rotatable bonds is 3. The summed E-state index contributed by atoms with van der Waals surface area (Å²) < 4.78 is 0. The Balaban J connectivity index is 1.53. The molecule has 0 saturated carbocycles. The number of fused-ring (bicyclic) bond motifs is 3. The van der Waals surface area contributed by atoms with Gasteiger partial charge in [-0.2, -0.15) is 5.10 Å². The molecule has 2 amide bonds. The first kappa shape index (κ1) is 16.5. The van der Waals surface area contributed by atoms with E-state index in [0.717, 1.165) is 47.2 Å². The van der Waals surface area contributed by atoms with Gasteiger partial charge in [0.1, 0.15) is 6.54 Å². The largest absolute Gasteiger partial charge is 0.333 e. The third-order valence-electron chi connectivity index (χ3n) is 4.95. The van der Waals surface area contributed by atoms with Crippen molar-refractivity contribution in [1.82, 2.24) is 10.3 Å². The first-order valence-corrected chi connectivity index (χ1v) is 9.07. The number of benzene rings is 2. The molecule has 5 heteroatoms. The lowest BCUT2D eigenvalue weighted by Crippen LogP contribution is -2.39. The quantitative estimate of drug-likeness (QED) is 0.741. The molecule has 1 N–H and O–H groups in total. The molecule has 2 aromatic carbocycles. The highest BCUT2D eigenvalue weighted by Crippen LogP contribution is 2.36. The lowest BCUT2D eigenvalue weighted by Gasteiger charge is -2.19. The van der Waals surface area contributed by atoms with Gasteiger partial charge >= 0.3 is 0 Å². The van der Waals surface area contributed by atoms with Gasteiger partial charge in [-0.3, -0.25) is 9.59 Å². The van der Waals surface area contributed by atoms with E-state index in [1.165, 1.54) is 0 Å². The Morgan fingerprint density at radius 2 is 1.54 bits per heavy atom. The number of carbonyl (C=O) groups is 2. The van der Waals surface area contributed by atoms with Gasteiger partial charge < -0.3 is 4.90 Å². The van der Waals surface area contributed by atoms with Crippen LogP contribution in [0.25, 0.3) is 11.1 Å². The molecule has 1 aliphatic carbocycles. The van der Waals surface area contributed by atoms with Crippen LogP contribution in [0.4, 0.5) is 0 Å². The van der Waals surface area contributed by atoms with Crippen molar-refractivity contribution in [1.29, 1.82) is 0 Å². The summed E-state index contributed by atoms with van der Waals surface area (Å²) in [5.41, 5.74) is 7.70. The van der Waals surface area contributed by atoms with Crippen LogP contribution in [-0.2, 0) is 9.59 Å². The molecule has 1 aliphatic heterocycles. The van der Waals surface area contributed by atoms with Crippen LogP contribution in [-0.4, -0.2) is 35.5 Å². The third kappa shape index (κ3) is 3.12. The first-order valence-electron chi connectivity index (χ1n) is 9.07. The molecule has 1 saturated heterocycles. The first-order chi connectivity index (χ1) is 12.7. The molecule has 26 heavy (non-hydrogen) atoms. The summed E-state index contributed by atoms with van der Waals surface area (Å²) >= 11 is 0. The van der Waals surface area contributed by atoms with E-state index in [0.29, 0.717) is 13.0 Å². The van der Waals surface area contributed by atoms with Gasteiger partial charge in [-0.1, -0.05) is 55.0 Å². The summed E-state index contributed by atoms with van der Waals surface area (Å²) in [7, 11) is 0. The number of hydrazone groups is 1. The van der Waals surface area contributed by atoms with Crippen molar-refractivity contribution in [3.05, 3.63) is 59.7 Å². The van der Waals surface area contributed by atoms with Gasteiger partial charge in [0.25, 0.3) is 5.91 Å². The number of likely N-dealkylation sites (tertiary alicyclic amines) is 1. The zero-order chi connectivity index (χ0) is 17.9. The molecule has 0 aromatic heterocycles. The minimum atomic E-state index is -0.255. The van der Waals surface area contributed by atoms with Crippen LogP contribution >= 0.6 is 0 Å². The number of nitrogens with one attached hydrogen (secondary N) is 1. The highest BCUT2D eigenvalue weighted by atomic mass is 16.2. The fraction of sp³-hybridized carbons (Fsp3) is 0.286. The fourth-order valence-electron chi connectivity index (χ4n) is 3.65. The highest BCUT2D eigenvalue weighted by molar-refractivity contribution is 6.24. The van der Waals surface area contributed by atoms with Crippen molar-refractivity contribution in [2.75, 3.05) is 13.1 Å². The van der Waals surface area contributed by atoms with Crippen molar-refractivity contribution in [2.45, 2.75) is 25.7 Å². The molecule has 1 fully saturated rings. The van der Waals surface area contributed by atoms with Gasteiger partial charge in [-0.05, 0) is 24.0 Å². The maximum absolute atomic E-state index is 12.3. The van der Waals surface area contributed by atoms with Crippen LogP contribution in [0.5, 0.6) is 0 Å². The van der Waals surface area contributed by atoms with Crippen LogP contribution < -0.4 is 5.43 Å². The minimum Gasteiger partial charge on any atom is -0.333 e. The molecule has 1 heterocycles. The van der Waals surface area contributed by atoms with Crippen molar-refractivity contribution in [2.24, 2.45) is 5.10 Å². The van der Waals surface area contributed by atoms with Crippen molar-refractivity contribution in [3.8, 4) is 11.1 Å². The molecule has 0 unspecified atom stereocenters. The van der Waals surface area contributed by atoms with E-state index < -0.39 is 0 Å². The van der Waals surface area contributed by atoms with Crippen molar-refractivity contribution >= 4 is 17.5 Å². The lowest BCUT2D eigenvalue weighted by molar-refractivity contribution is -0.135. The number of amides is 2. The number of hydrogen-bond acceptors (Lipinski definition) is 3. The molecule has 0 atom stereocenters. The molecular formula is C21H21N3O2. The molecule has 0 spiro atoms. The number of nitrogens with zero attached hydrogens (tertiary/aromatic N) is 2. The van der Waals surface area contributed by atoms with Crippen LogP contribution in [0.1, 0.15) is 36.8 Å². The van der Waals surface area contributed by atoms with Crippen LogP contribution in [0.3, 0.4) is 0 Å². The minimum absolute atomic E-state index is 0.0573. The molecule has 5 nitrogen and oxygen atoms in total. The normalized spacial score (nSPS) is 15.9. The summed E-state index contributed by atoms with van der Waals surface area (Å²) in [5.74, 6) is -0.198. The van der Waals surface area contributed by atoms with E-state index in [2.05, 4.69) is 22.7 Å².